The quantitative estimate of drug-likeness (QED) is 0.623. The van der Waals surface area contributed by atoms with Crippen molar-refractivity contribution >= 4 is 34.1 Å². The highest BCUT2D eigenvalue weighted by atomic mass is 35.5. The standard InChI is InChI=1S/C10H6Cl2FN/c1-5-6-2-3-9(12)14-10(6)7(11)4-8(5)13/h2-4H,1H3. The summed E-state index contributed by atoms with van der Waals surface area (Å²) in [4.78, 5) is 4.04. The van der Waals surface area contributed by atoms with Crippen LogP contribution >= 0.6 is 23.2 Å². The van der Waals surface area contributed by atoms with E-state index in [1.54, 1.807) is 19.1 Å². The van der Waals surface area contributed by atoms with Crippen LogP contribution in [0.4, 0.5) is 4.39 Å². The van der Waals surface area contributed by atoms with E-state index < -0.39 is 0 Å². The Morgan fingerprint density at radius 3 is 2.71 bits per heavy atom. The number of rotatable bonds is 0. The molecule has 1 nitrogen and oxygen atoms in total. The Bertz CT molecular complexity index is 511. The van der Waals surface area contributed by atoms with E-state index in [-0.39, 0.29) is 10.8 Å². The SMILES string of the molecule is Cc1c(F)cc(Cl)c2nc(Cl)ccc12. The molecule has 0 unspecified atom stereocenters. The molecule has 1 aromatic carbocycles. The molecule has 0 aliphatic carbocycles. The van der Waals surface area contributed by atoms with E-state index in [0.717, 1.165) is 0 Å². The van der Waals surface area contributed by atoms with Crippen molar-refractivity contribution in [2.24, 2.45) is 0 Å². The van der Waals surface area contributed by atoms with Crippen LogP contribution in [0.5, 0.6) is 0 Å². The molecule has 0 bridgehead atoms. The third-order valence-corrected chi connectivity index (χ3v) is 2.60. The van der Waals surface area contributed by atoms with Gasteiger partial charge in [-0.2, -0.15) is 0 Å². The lowest BCUT2D eigenvalue weighted by molar-refractivity contribution is 0.621. The zero-order valence-corrected chi connectivity index (χ0v) is 8.83. The second-order valence-electron chi connectivity index (χ2n) is 3.00. The molecule has 1 heterocycles. The van der Waals surface area contributed by atoms with Crippen molar-refractivity contribution in [3.8, 4) is 0 Å². The first-order valence-electron chi connectivity index (χ1n) is 4.00. The number of aromatic nitrogens is 1. The number of hydrogen-bond acceptors (Lipinski definition) is 1. The third kappa shape index (κ3) is 1.45. The summed E-state index contributed by atoms with van der Waals surface area (Å²) < 4.78 is 13.3. The van der Waals surface area contributed by atoms with E-state index in [9.17, 15) is 4.39 Å². The fourth-order valence-corrected chi connectivity index (χ4v) is 1.72. The summed E-state index contributed by atoms with van der Waals surface area (Å²) in [7, 11) is 0. The van der Waals surface area contributed by atoms with Crippen LogP contribution < -0.4 is 0 Å². The summed E-state index contributed by atoms with van der Waals surface area (Å²) in [5, 5.41) is 1.33. The van der Waals surface area contributed by atoms with Crippen LogP contribution in [0.1, 0.15) is 5.56 Å². The minimum Gasteiger partial charge on any atom is -0.235 e. The van der Waals surface area contributed by atoms with Crippen LogP contribution in [0.2, 0.25) is 10.2 Å². The van der Waals surface area contributed by atoms with Crippen molar-refractivity contribution in [1.29, 1.82) is 0 Å². The van der Waals surface area contributed by atoms with Crippen molar-refractivity contribution in [1.82, 2.24) is 4.98 Å². The second kappa shape index (κ2) is 3.37. The molecule has 2 rings (SSSR count). The predicted molar refractivity (Wildman–Crippen MR) is 56.5 cm³/mol. The number of halogens is 3. The van der Waals surface area contributed by atoms with Gasteiger partial charge in [0.15, 0.2) is 0 Å². The molecule has 14 heavy (non-hydrogen) atoms. The molecule has 0 amide bonds. The topological polar surface area (TPSA) is 12.9 Å². The predicted octanol–water partition coefficient (Wildman–Crippen LogP) is 3.99. The van der Waals surface area contributed by atoms with E-state index in [2.05, 4.69) is 4.98 Å². The molecule has 72 valence electrons. The molecule has 0 spiro atoms. The van der Waals surface area contributed by atoms with Gasteiger partial charge in [0.2, 0.25) is 0 Å². The van der Waals surface area contributed by atoms with Gasteiger partial charge in [-0.3, -0.25) is 0 Å². The lowest BCUT2D eigenvalue weighted by Crippen LogP contribution is -1.89. The van der Waals surface area contributed by atoms with Gasteiger partial charge >= 0.3 is 0 Å². The monoisotopic (exact) mass is 229 g/mol. The normalized spacial score (nSPS) is 10.9. The Labute approximate surface area is 90.5 Å². The van der Waals surface area contributed by atoms with Gasteiger partial charge in [0.25, 0.3) is 0 Å². The molecular formula is C10H6Cl2FN. The van der Waals surface area contributed by atoms with Crippen LogP contribution in [0, 0.1) is 12.7 Å². The molecule has 0 N–H and O–H groups in total. The van der Waals surface area contributed by atoms with Crippen molar-refractivity contribution in [2.45, 2.75) is 6.92 Å². The van der Waals surface area contributed by atoms with E-state index in [1.807, 2.05) is 0 Å². The number of pyridine rings is 1. The second-order valence-corrected chi connectivity index (χ2v) is 3.79. The van der Waals surface area contributed by atoms with E-state index in [0.29, 0.717) is 21.6 Å². The molecule has 4 heteroatoms. The molecule has 0 saturated carbocycles. The molecule has 0 atom stereocenters. The number of nitrogens with zero attached hydrogens (tertiary/aromatic N) is 1. The maximum Gasteiger partial charge on any atom is 0.129 e. The van der Waals surface area contributed by atoms with Crippen LogP contribution in [0.15, 0.2) is 18.2 Å². The summed E-state index contributed by atoms with van der Waals surface area (Å²) >= 11 is 11.6. The first-order chi connectivity index (χ1) is 6.59. The van der Waals surface area contributed by atoms with Crippen LogP contribution in [-0.2, 0) is 0 Å². The van der Waals surface area contributed by atoms with Gasteiger partial charge < -0.3 is 0 Å². The molecule has 0 aliphatic heterocycles. The molecule has 0 fully saturated rings. The molecule has 0 saturated heterocycles. The lowest BCUT2D eigenvalue weighted by atomic mass is 10.1. The zero-order chi connectivity index (χ0) is 10.3. The molecule has 0 aliphatic rings. The first-order valence-corrected chi connectivity index (χ1v) is 4.76. The first kappa shape index (κ1) is 9.69. The van der Waals surface area contributed by atoms with Crippen LogP contribution in [0.25, 0.3) is 10.9 Å². The van der Waals surface area contributed by atoms with Gasteiger partial charge in [0.05, 0.1) is 10.5 Å². The Morgan fingerprint density at radius 2 is 2.00 bits per heavy atom. The molecule has 0 radical (unpaired) electrons. The van der Waals surface area contributed by atoms with Crippen molar-refractivity contribution in [2.75, 3.05) is 0 Å². The Morgan fingerprint density at radius 1 is 1.29 bits per heavy atom. The van der Waals surface area contributed by atoms with E-state index in [1.165, 1.54) is 6.07 Å². The summed E-state index contributed by atoms with van der Waals surface area (Å²) in [5.41, 5.74) is 1.08. The number of hydrogen-bond donors (Lipinski definition) is 0. The Hall–Kier alpha value is -0.860. The van der Waals surface area contributed by atoms with Crippen molar-refractivity contribution in [3.63, 3.8) is 0 Å². The lowest BCUT2D eigenvalue weighted by Gasteiger charge is -2.04. The summed E-state index contributed by atoms with van der Waals surface area (Å²) in [6, 6.07) is 4.59. The number of aryl methyl sites for hydroxylation is 1. The summed E-state index contributed by atoms with van der Waals surface area (Å²) in [6.45, 7) is 1.68. The zero-order valence-electron chi connectivity index (χ0n) is 7.31. The van der Waals surface area contributed by atoms with Gasteiger partial charge in [-0.05, 0) is 30.7 Å². The highest BCUT2D eigenvalue weighted by Crippen LogP contribution is 2.28. The van der Waals surface area contributed by atoms with Crippen molar-refractivity contribution in [3.05, 3.63) is 39.8 Å². The summed E-state index contributed by atoms with van der Waals surface area (Å²) in [6.07, 6.45) is 0. The van der Waals surface area contributed by atoms with E-state index in [4.69, 9.17) is 23.2 Å². The minimum absolute atomic E-state index is 0.283. The van der Waals surface area contributed by atoms with Crippen LogP contribution in [0.3, 0.4) is 0 Å². The van der Waals surface area contributed by atoms with E-state index >= 15 is 0 Å². The Kier molecular flexibility index (Phi) is 2.33. The van der Waals surface area contributed by atoms with Gasteiger partial charge in [0.1, 0.15) is 11.0 Å². The maximum absolute atomic E-state index is 13.3. The Balaban J connectivity index is 2.94. The molecule has 2 aromatic rings. The maximum atomic E-state index is 13.3. The average Bonchev–Trinajstić information content (AvgIpc) is 2.14. The minimum atomic E-state index is -0.327. The number of fused-ring (bicyclic) bond motifs is 1. The fourth-order valence-electron chi connectivity index (χ4n) is 1.34. The van der Waals surface area contributed by atoms with Crippen molar-refractivity contribution < 1.29 is 4.39 Å². The highest BCUT2D eigenvalue weighted by Gasteiger charge is 2.08. The molecular weight excluding hydrogens is 224 g/mol. The fraction of sp³-hybridized carbons (Fsp3) is 0.100. The number of benzene rings is 1. The van der Waals surface area contributed by atoms with Gasteiger partial charge in [0, 0.05) is 5.39 Å². The molecule has 1 aromatic heterocycles. The van der Waals surface area contributed by atoms with Gasteiger partial charge in [-0.15, -0.1) is 0 Å². The van der Waals surface area contributed by atoms with Gasteiger partial charge in [-0.1, -0.05) is 23.2 Å². The largest absolute Gasteiger partial charge is 0.235 e. The van der Waals surface area contributed by atoms with Gasteiger partial charge in [-0.25, -0.2) is 9.37 Å². The smallest absolute Gasteiger partial charge is 0.129 e. The highest BCUT2D eigenvalue weighted by molar-refractivity contribution is 6.35. The third-order valence-electron chi connectivity index (χ3n) is 2.10. The summed E-state index contributed by atoms with van der Waals surface area (Å²) in [5.74, 6) is -0.327. The average molecular weight is 230 g/mol. The van der Waals surface area contributed by atoms with Crippen LogP contribution in [-0.4, -0.2) is 4.98 Å².